The third-order valence-corrected chi connectivity index (χ3v) is 1.17. The molecule has 0 amide bonds. The molecule has 0 bridgehead atoms. The molecule has 0 unspecified atom stereocenters. The Bertz CT molecular complexity index is 168. The summed E-state index contributed by atoms with van der Waals surface area (Å²) in [6.45, 7) is 2.00. The van der Waals surface area contributed by atoms with Crippen LogP contribution in [-0.4, -0.2) is 6.94 Å². The van der Waals surface area contributed by atoms with Crippen molar-refractivity contribution in [3.63, 3.8) is 0 Å². The summed E-state index contributed by atoms with van der Waals surface area (Å²) in [5.41, 5.74) is 0. The van der Waals surface area contributed by atoms with Gasteiger partial charge in [-0.25, -0.2) is 24.3 Å². The zero-order valence-electron chi connectivity index (χ0n) is 7.90. The molecular formula is C10H14Br2HfSi. The maximum absolute atomic E-state index is 2.99. The van der Waals surface area contributed by atoms with Crippen molar-refractivity contribution < 1.29 is 23.0 Å². The summed E-state index contributed by atoms with van der Waals surface area (Å²) in [6, 6.07) is 0. The van der Waals surface area contributed by atoms with Crippen LogP contribution < -0.4 is 0 Å². The molecule has 2 rings (SSSR count). The van der Waals surface area contributed by atoms with Crippen LogP contribution in [0.4, 0.5) is 0 Å². The first-order chi connectivity index (χ1) is 6.00. The van der Waals surface area contributed by atoms with Crippen molar-refractivity contribution in [2.24, 2.45) is 0 Å². The monoisotopic (exact) mass is 500 g/mol. The van der Waals surface area contributed by atoms with Crippen molar-refractivity contribution in [1.29, 1.82) is 0 Å². The second kappa shape index (κ2) is 19.6. The van der Waals surface area contributed by atoms with E-state index < -0.39 is 0 Å². The molecule has 0 aromatic rings. The summed E-state index contributed by atoms with van der Waals surface area (Å²) in [7, 11) is 0. The molecule has 76 valence electrons. The van der Waals surface area contributed by atoms with Gasteiger partial charge >= 0.3 is 29.9 Å². The van der Waals surface area contributed by atoms with Gasteiger partial charge in [-0.15, -0.1) is 46.8 Å². The number of rotatable bonds is 0. The number of allylic oxidation sites excluding steroid dienone is 8. The van der Waals surface area contributed by atoms with Gasteiger partial charge in [-0.1, -0.05) is 0 Å². The Morgan fingerprint density at radius 1 is 0.857 bits per heavy atom. The first kappa shape index (κ1) is 20.4. The standard InChI is InChI=1S/2C5H5.2BrH.Hf.H2Si/c2*1-2-4-5-3-1;;;;/h2*1-3H,4H2;2*1H;;1H2/q2*-1;;;+2;. The average molecular weight is 501 g/mol. The van der Waals surface area contributed by atoms with E-state index in [1.807, 2.05) is 31.2 Å². The Morgan fingerprint density at radius 3 is 1.29 bits per heavy atom. The van der Waals surface area contributed by atoms with Gasteiger partial charge in [0, 0.05) is 0 Å². The molecule has 0 N–H and O–H groups in total. The maximum atomic E-state index is 2.99. The molecule has 0 spiro atoms. The summed E-state index contributed by atoms with van der Waals surface area (Å²) in [5.74, 6) is 0. The molecule has 0 aromatic carbocycles. The van der Waals surface area contributed by atoms with E-state index in [1.165, 1.54) is 23.0 Å². The third-order valence-electron chi connectivity index (χ3n) is 1.17. The molecule has 0 aliphatic heterocycles. The van der Waals surface area contributed by atoms with Crippen LogP contribution in [0.2, 0.25) is 0 Å². The van der Waals surface area contributed by atoms with Gasteiger partial charge in [0.05, 0.1) is 0 Å². The van der Waals surface area contributed by atoms with Crippen molar-refractivity contribution in [3.05, 3.63) is 48.6 Å². The van der Waals surface area contributed by atoms with Gasteiger partial charge in [0.25, 0.3) is 0 Å². The molecular weight excluding hydrogens is 486 g/mol. The SMILES string of the molecule is Br.Br.[C-]1=CC=CC1.[C-]1=CC=CC1.[SiH2]=[Hf+2]. The van der Waals surface area contributed by atoms with Crippen LogP contribution in [0.1, 0.15) is 12.8 Å². The molecule has 4 heteroatoms. The Balaban J connectivity index is -0.000000131. The Kier molecular flexibility index (Phi) is 28.5. The first-order valence-corrected chi connectivity index (χ1v) is 12.1. The van der Waals surface area contributed by atoms with Crippen LogP contribution in [0.15, 0.2) is 36.5 Å². The summed E-state index contributed by atoms with van der Waals surface area (Å²) in [4.78, 5) is 0. The van der Waals surface area contributed by atoms with Crippen molar-refractivity contribution in [1.82, 2.24) is 0 Å². The van der Waals surface area contributed by atoms with Gasteiger partial charge in [-0.3, -0.25) is 12.2 Å². The van der Waals surface area contributed by atoms with Gasteiger partial charge in [-0.2, -0.15) is 12.2 Å². The van der Waals surface area contributed by atoms with Gasteiger partial charge in [0.1, 0.15) is 0 Å². The first-order valence-electron chi connectivity index (χ1n) is 3.79. The van der Waals surface area contributed by atoms with Crippen molar-refractivity contribution in [2.75, 3.05) is 0 Å². The van der Waals surface area contributed by atoms with Crippen molar-refractivity contribution in [3.8, 4) is 0 Å². The van der Waals surface area contributed by atoms with E-state index in [0.717, 1.165) is 12.8 Å². The van der Waals surface area contributed by atoms with E-state index in [9.17, 15) is 0 Å². The van der Waals surface area contributed by atoms with Gasteiger partial charge in [-0.05, 0) is 0 Å². The van der Waals surface area contributed by atoms with E-state index in [0.29, 0.717) is 0 Å². The summed E-state index contributed by atoms with van der Waals surface area (Å²) >= 11 is 1.33. The molecule has 0 aromatic heterocycles. The van der Waals surface area contributed by atoms with E-state index in [-0.39, 0.29) is 34.0 Å². The quantitative estimate of drug-likeness (QED) is 0.355. The fraction of sp³-hybridized carbons (Fsp3) is 0.200. The summed E-state index contributed by atoms with van der Waals surface area (Å²) in [6.07, 6.45) is 20.0. The van der Waals surface area contributed by atoms with E-state index in [2.05, 4.69) is 24.3 Å². The molecule has 2 aliphatic carbocycles. The average Bonchev–Trinajstić information content (AvgIpc) is 2.87. The van der Waals surface area contributed by atoms with Crippen LogP contribution in [0.3, 0.4) is 0 Å². The van der Waals surface area contributed by atoms with Crippen LogP contribution >= 0.6 is 34.0 Å². The molecule has 0 radical (unpaired) electrons. The minimum atomic E-state index is 0. The number of hydrogen-bond acceptors (Lipinski definition) is 0. The normalized spacial score (nSPS) is 13.0. The van der Waals surface area contributed by atoms with E-state index in [4.69, 9.17) is 0 Å². The number of hydrogen-bond donors (Lipinski definition) is 0. The second-order valence-electron chi connectivity index (χ2n) is 2.01. The van der Waals surface area contributed by atoms with Gasteiger partial charge < -0.3 is 0 Å². The Labute approximate surface area is 124 Å². The molecule has 0 heterocycles. The van der Waals surface area contributed by atoms with Crippen LogP contribution in [0.25, 0.3) is 0 Å². The summed E-state index contributed by atoms with van der Waals surface area (Å²) in [5, 5.41) is 0. The van der Waals surface area contributed by atoms with Crippen LogP contribution in [-0.2, 0) is 23.0 Å². The molecule has 0 fully saturated rings. The topological polar surface area (TPSA) is 0 Å². The van der Waals surface area contributed by atoms with E-state index in [1.54, 1.807) is 0 Å². The van der Waals surface area contributed by atoms with E-state index >= 15 is 0 Å². The Hall–Kier alpha value is 1.01. The predicted molar refractivity (Wildman–Crippen MR) is 72.3 cm³/mol. The van der Waals surface area contributed by atoms with Crippen molar-refractivity contribution >= 4 is 40.9 Å². The van der Waals surface area contributed by atoms with Crippen molar-refractivity contribution in [2.45, 2.75) is 12.8 Å². The molecule has 0 saturated heterocycles. The zero-order valence-corrected chi connectivity index (χ0v) is 16.3. The fourth-order valence-electron chi connectivity index (χ4n) is 0.680. The fourth-order valence-corrected chi connectivity index (χ4v) is 0.680. The molecule has 2 aliphatic rings. The number of halogens is 2. The Morgan fingerprint density at radius 2 is 1.21 bits per heavy atom. The van der Waals surface area contributed by atoms with Crippen LogP contribution in [0, 0.1) is 12.2 Å². The van der Waals surface area contributed by atoms with Crippen LogP contribution in [0.5, 0.6) is 0 Å². The molecule has 14 heavy (non-hydrogen) atoms. The third kappa shape index (κ3) is 15.5. The molecule has 0 atom stereocenters. The minimum absolute atomic E-state index is 0. The predicted octanol–water partition coefficient (Wildman–Crippen LogP) is 2.85. The zero-order chi connectivity index (χ0) is 9.07. The summed E-state index contributed by atoms with van der Waals surface area (Å²) < 4.78 is 0. The second-order valence-corrected chi connectivity index (χ2v) is 2.01. The molecule has 0 saturated carbocycles. The van der Waals surface area contributed by atoms with Gasteiger partial charge in [0.2, 0.25) is 0 Å². The van der Waals surface area contributed by atoms with Gasteiger partial charge in [0.15, 0.2) is 0 Å². The molecule has 0 nitrogen and oxygen atoms in total.